The molecule has 0 spiro atoms. The van der Waals surface area contributed by atoms with E-state index in [0.717, 1.165) is 22.2 Å². The van der Waals surface area contributed by atoms with Crippen molar-refractivity contribution in [1.29, 1.82) is 0 Å². The van der Waals surface area contributed by atoms with Gasteiger partial charge in [0.25, 0.3) is 0 Å². The van der Waals surface area contributed by atoms with Gasteiger partial charge in [-0.25, -0.2) is 0 Å². The van der Waals surface area contributed by atoms with Gasteiger partial charge in [0, 0.05) is 6.54 Å². The zero-order valence-electron chi connectivity index (χ0n) is 9.19. The van der Waals surface area contributed by atoms with E-state index in [1.807, 2.05) is 0 Å². The van der Waals surface area contributed by atoms with E-state index in [4.69, 9.17) is 0 Å². The lowest BCUT2D eigenvalue weighted by atomic mass is 10.2. The normalized spacial score (nSPS) is 10.2. The van der Waals surface area contributed by atoms with E-state index in [1.165, 1.54) is 10.8 Å². The third-order valence-corrected chi connectivity index (χ3v) is 3.53. The van der Waals surface area contributed by atoms with Crippen LogP contribution in [0.2, 0.25) is 0 Å². The first-order chi connectivity index (χ1) is 7.95. The number of hydrogen-bond donors (Lipinski definition) is 1. The molecule has 2 radical (unpaired) electrons. The van der Waals surface area contributed by atoms with Crippen LogP contribution in [0.4, 0.5) is 0 Å². The second kappa shape index (κ2) is 6.25. The summed E-state index contributed by atoms with van der Waals surface area (Å²) >= 11 is 0. The highest BCUT2D eigenvalue weighted by molar-refractivity contribution is 6.53. The number of rotatable bonds is 5. The molecule has 1 N–H and O–H groups in total. The molecule has 2 rings (SSSR count). The quantitative estimate of drug-likeness (QED) is 0.604. The van der Waals surface area contributed by atoms with Crippen molar-refractivity contribution in [2.45, 2.75) is 6.54 Å². The lowest BCUT2D eigenvalue weighted by Crippen LogP contribution is -2.27. The van der Waals surface area contributed by atoms with Crippen molar-refractivity contribution >= 4 is 14.7 Å². The monoisotopic (exact) mass is 225 g/mol. The highest BCUT2D eigenvalue weighted by atomic mass is 28.2. The van der Waals surface area contributed by atoms with Gasteiger partial charge in [-0.2, -0.15) is 0 Å². The molecule has 0 saturated carbocycles. The van der Waals surface area contributed by atoms with Crippen molar-refractivity contribution in [1.82, 2.24) is 5.32 Å². The Balaban J connectivity index is 1.70. The molecule has 0 aromatic heterocycles. The van der Waals surface area contributed by atoms with Gasteiger partial charge in [0.15, 0.2) is 0 Å². The molecule has 1 nitrogen and oxygen atoms in total. The van der Waals surface area contributed by atoms with Crippen molar-refractivity contribution in [3.8, 4) is 0 Å². The molecule has 0 aliphatic heterocycles. The van der Waals surface area contributed by atoms with Gasteiger partial charge in [-0.05, 0) is 11.7 Å². The molecule has 0 heterocycles. The van der Waals surface area contributed by atoms with E-state index >= 15 is 0 Å². The van der Waals surface area contributed by atoms with Gasteiger partial charge in [0.1, 0.15) is 0 Å². The molecule has 0 bridgehead atoms. The molecule has 80 valence electrons. The number of nitrogens with one attached hydrogen (secondary N) is 1. The standard InChI is InChI=1S/C14H15NSi/c1-3-7-13(8-4-1)11-15-12-16-14-9-5-2-6-10-14/h1-10,15H,11-12H2. The van der Waals surface area contributed by atoms with E-state index in [2.05, 4.69) is 66.0 Å². The lowest BCUT2D eigenvalue weighted by Gasteiger charge is -2.03. The molecule has 2 heteroatoms. The number of benzene rings is 2. The zero-order valence-corrected chi connectivity index (χ0v) is 10.2. The summed E-state index contributed by atoms with van der Waals surface area (Å²) in [6.07, 6.45) is 1.05. The minimum atomic E-state index is 0.845. The smallest absolute Gasteiger partial charge is 0.0976 e. The van der Waals surface area contributed by atoms with Crippen LogP contribution >= 0.6 is 0 Å². The molecule has 0 saturated heterocycles. The third-order valence-electron chi connectivity index (χ3n) is 2.36. The molecule has 0 aliphatic carbocycles. The van der Waals surface area contributed by atoms with Crippen LogP contribution in [0.25, 0.3) is 0 Å². The van der Waals surface area contributed by atoms with Crippen molar-refractivity contribution in [3.05, 3.63) is 66.2 Å². The molecule has 0 atom stereocenters. The van der Waals surface area contributed by atoms with E-state index in [1.54, 1.807) is 0 Å². The second-order valence-corrected chi connectivity index (χ2v) is 4.92. The van der Waals surface area contributed by atoms with Gasteiger partial charge in [0.05, 0.1) is 9.52 Å². The van der Waals surface area contributed by atoms with Gasteiger partial charge in [-0.3, -0.25) is 0 Å². The molecule has 0 fully saturated rings. The third kappa shape index (κ3) is 3.64. The summed E-state index contributed by atoms with van der Waals surface area (Å²) < 4.78 is 0. The first-order valence-corrected chi connectivity index (χ1v) is 6.69. The summed E-state index contributed by atoms with van der Waals surface area (Å²) in [4.78, 5) is 0. The maximum atomic E-state index is 3.46. The van der Waals surface area contributed by atoms with Crippen molar-refractivity contribution in [2.24, 2.45) is 0 Å². The maximum absolute atomic E-state index is 3.46. The SMILES string of the molecule is c1ccc(CNC[Si]c2ccccc2)cc1. The summed E-state index contributed by atoms with van der Waals surface area (Å²) in [5.41, 5.74) is 1.35. The minimum absolute atomic E-state index is 0.845. The fourth-order valence-electron chi connectivity index (χ4n) is 1.52. The fraction of sp³-hybridized carbons (Fsp3) is 0.143. The molecule has 2 aromatic rings. The minimum Gasteiger partial charge on any atom is -0.316 e. The average Bonchev–Trinajstić information content (AvgIpc) is 2.37. The summed E-state index contributed by atoms with van der Waals surface area (Å²) in [5, 5.41) is 4.88. The van der Waals surface area contributed by atoms with Crippen LogP contribution in [0, 0.1) is 0 Å². The molecular formula is C14H15NSi. The molecule has 2 aromatic carbocycles. The highest BCUT2D eigenvalue weighted by Crippen LogP contribution is 1.96. The molecule has 0 unspecified atom stereocenters. The molecular weight excluding hydrogens is 210 g/mol. The Labute approximate surface area is 99.3 Å². The number of hydrogen-bond acceptors (Lipinski definition) is 1. The fourth-order valence-corrected chi connectivity index (χ4v) is 2.41. The highest BCUT2D eigenvalue weighted by Gasteiger charge is 1.94. The summed E-state index contributed by atoms with van der Waals surface area (Å²) in [5.74, 6) is 0. The summed E-state index contributed by atoms with van der Waals surface area (Å²) in [6, 6.07) is 21.1. The van der Waals surface area contributed by atoms with E-state index in [0.29, 0.717) is 0 Å². The lowest BCUT2D eigenvalue weighted by molar-refractivity contribution is 0.788. The van der Waals surface area contributed by atoms with Crippen LogP contribution in [-0.2, 0) is 6.54 Å². The van der Waals surface area contributed by atoms with Crippen LogP contribution in [0.3, 0.4) is 0 Å². The van der Waals surface area contributed by atoms with Gasteiger partial charge in [-0.1, -0.05) is 65.9 Å². The topological polar surface area (TPSA) is 12.0 Å². The van der Waals surface area contributed by atoms with Crippen LogP contribution in [0.1, 0.15) is 5.56 Å². The van der Waals surface area contributed by atoms with Crippen LogP contribution in [0.15, 0.2) is 60.7 Å². The van der Waals surface area contributed by atoms with Gasteiger partial charge in [-0.15, -0.1) is 0 Å². The predicted molar refractivity (Wildman–Crippen MR) is 70.0 cm³/mol. The Hall–Kier alpha value is -1.38. The van der Waals surface area contributed by atoms with Crippen LogP contribution in [0.5, 0.6) is 0 Å². The van der Waals surface area contributed by atoms with Crippen LogP contribution < -0.4 is 10.5 Å². The summed E-state index contributed by atoms with van der Waals surface area (Å²) in [7, 11) is 0.845. The summed E-state index contributed by atoms with van der Waals surface area (Å²) in [6.45, 7) is 0.959. The Kier molecular flexibility index (Phi) is 4.34. The van der Waals surface area contributed by atoms with Crippen molar-refractivity contribution in [3.63, 3.8) is 0 Å². The average molecular weight is 225 g/mol. The van der Waals surface area contributed by atoms with Gasteiger partial charge >= 0.3 is 0 Å². The van der Waals surface area contributed by atoms with E-state index in [9.17, 15) is 0 Å². The Morgan fingerprint density at radius 3 is 2.12 bits per heavy atom. The maximum Gasteiger partial charge on any atom is 0.0976 e. The van der Waals surface area contributed by atoms with E-state index < -0.39 is 0 Å². The van der Waals surface area contributed by atoms with Crippen molar-refractivity contribution < 1.29 is 0 Å². The molecule has 16 heavy (non-hydrogen) atoms. The zero-order chi connectivity index (χ0) is 11.1. The van der Waals surface area contributed by atoms with Crippen LogP contribution in [-0.4, -0.2) is 15.7 Å². The Bertz CT molecular complexity index is 358. The first kappa shape index (κ1) is 11.1. The van der Waals surface area contributed by atoms with E-state index in [-0.39, 0.29) is 0 Å². The molecule has 0 amide bonds. The van der Waals surface area contributed by atoms with Crippen molar-refractivity contribution in [2.75, 3.05) is 6.17 Å². The Morgan fingerprint density at radius 2 is 1.44 bits per heavy atom. The molecule has 0 aliphatic rings. The van der Waals surface area contributed by atoms with Gasteiger partial charge in [0.2, 0.25) is 0 Å². The Morgan fingerprint density at radius 1 is 0.812 bits per heavy atom. The predicted octanol–water partition coefficient (Wildman–Crippen LogP) is 1.76. The largest absolute Gasteiger partial charge is 0.316 e. The second-order valence-electron chi connectivity index (χ2n) is 3.63. The first-order valence-electron chi connectivity index (χ1n) is 5.49. The van der Waals surface area contributed by atoms with Gasteiger partial charge < -0.3 is 5.32 Å².